The topological polar surface area (TPSA) is 42.2 Å². The second-order valence-corrected chi connectivity index (χ2v) is 3.96. The third kappa shape index (κ3) is 1.85. The minimum absolute atomic E-state index is 0.368. The fourth-order valence-corrected chi connectivity index (χ4v) is 1.55. The van der Waals surface area contributed by atoms with Gasteiger partial charge >= 0.3 is 0 Å². The van der Waals surface area contributed by atoms with E-state index in [4.69, 9.17) is 0 Å². The molecule has 4 nitrogen and oxygen atoms in total. The van der Waals surface area contributed by atoms with Crippen LogP contribution in [-0.2, 0) is 6.54 Å². The van der Waals surface area contributed by atoms with Crippen LogP contribution in [0.1, 0.15) is 31.2 Å². The maximum absolute atomic E-state index is 4.54. The molecule has 0 unspecified atom stereocenters. The molecule has 1 N–H and O–H groups in total. The van der Waals surface area contributed by atoms with Crippen LogP contribution in [0.5, 0.6) is 0 Å². The number of fused-ring (bicyclic) bond motifs is 1. The molecule has 0 aliphatic carbocycles. The van der Waals surface area contributed by atoms with Gasteiger partial charge in [0.15, 0.2) is 11.5 Å². The maximum Gasteiger partial charge on any atom is 0.160 e. The Hall–Kier alpha value is -1.42. The van der Waals surface area contributed by atoms with Crippen LogP contribution in [-0.4, -0.2) is 21.6 Å². The van der Waals surface area contributed by atoms with E-state index in [1.165, 1.54) is 5.56 Å². The van der Waals surface area contributed by atoms with Crippen molar-refractivity contribution in [2.75, 3.05) is 7.05 Å². The summed E-state index contributed by atoms with van der Waals surface area (Å²) in [5.41, 5.74) is 2.13. The molecule has 2 heterocycles. The van der Waals surface area contributed by atoms with Gasteiger partial charge in [-0.25, -0.2) is 9.50 Å². The highest BCUT2D eigenvalue weighted by atomic mass is 15.3. The number of pyridine rings is 1. The van der Waals surface area contributed by atoms with Gasteiger partial charge in [-0.05, 0) is 13.1 Å². The molecule has 2 rings (SSSR count). The molecule has 0 amide bonds. The van der Waals surface area contributed by atoms with Gasteiger partial charge in [0.1, 0.15) is 0 Å². The molecule has 0 spiro atoms. The molecule has 0 fully saturated rings. The monoisotopic (exact) mass is 204 g/mol. The Morgan fingerprint density at radius 2 is 2.27 bits per heavy atom. The van der Waals surface area contributed by atoms with Gasteiger partial charge in [0, 0.05) is 24.2 Å². The van der Waals surface area contributed by atoms with E-state index in [1.54, 1.807) is 0 Å². The minimum atomic E-state index is 0.368. The van der Waals surface area contributed by atoms with Crippen LogP contribution in [0.25, 0.3) is 5.65 Å². The summed E-state index contributed by atoms with van der Waals surface area (Å²) in [6, 6.07) is 4.07. The summed E-state index contributed by atoms with van der Waals surface area (Å²) in [5.74, 6) is 1.27. The molecular weight excluding hydrogens is 188 g/mol. The van der Waals surface area contributed by atoms with Gasteiger partial charge in [-0.2, -0.15) is 5.10 Å². The van der Waals surface area contributed by atoms with E-state index in [0.29, 0.717) is 5.92 Å². The molecular formula is C11H16N4. The van der Waals surface area contributed by atoms with E-state index in [2.05, 4.69) is 35.3 Å². The second kappa shape index (κ2) is 3.98. The highest BCUT2D eigenvalue weighted by Gasteiger charge is 2.09. The largest absolute Gasteiger partial charge is 0.316 e. The van der Waals surface area contributed by atoms with Crippen molar-refractivity contribution in [1.82, 2.24) is 19.9 Å². The van der Waals surface area contributed by atoms with Crippen LogP contribution in [0.2, 0.25) is 0 Å². The number of nitrogens with one attached hydrogen (secondary N) is 1. The van der Waals surface area contributed by atoms with Crippen molar-refractivity contribution in [3.8, 4) is 0 Å². The SMILES string of the molecule is CNCc1cccn2nc(C(C)C)nc12. The Morgan fingerprint density at radius 1 is 1.47 bits per heavy atom. The maximum atomic E-state index is 4.54. The van der Waals surface area contributed by atoms with Crippen molar-refractivity contribution < 1.29 is 0 Å². The fourth-order valence-electron chi connectivity index (χ4n) is 1.55. The summed E-state index contributed by atoms with van der Waals surface area (Å²) in [4.78, 5) is 4.54. The zero-order valence-corrected chi connectivity index (χ0v) is 9.36. The third-order valence-corrected chi connectivity index (χ3v) is 2.34. The molecule has 0 saturated heterocycles. The molecule has 2 aromatic rings. The normalized spacial score (nSPS) is 11.5. The number of nitrogens with zero attached hydrogens (tertiary/aromatic N) is 3. The lowest BCUT2D eigenvalue weighted by molar-refractivity contribution is 0.764. The number of rotatable bonds is 3. The molecule has 15 heavy (non-hydrogen) atoms. The zero-order valence-electron chi connectivity index (χ0n) is 9.36. The van der Waals surface area contributed by atoms with Crippen molar-refractivity contribution in [1.29, 1.82) is 0 Å². The van der Waals surface area contributed by atoms with E-state index in [1.807, 2.05) is 23.8 Å². The Bertz CT molecular complexity index is 459. The average molecular weight is 204 g/mol. The van der Waals surface area contributed by atoms with Crippen molar-refractivity contribution in [3.63, 3.8) is 0 Å². The summed E-state index contributed by atoms with van der Waals surface area (Å²) in [5, 5.41) is 7.57. The van der Waals surface area contributed by atoms with E-state index in [-0.39, 0.29) is 0 Å². The zero-order chi connectivity index (χ0) is 10.8. The molecule has 0 radical (unpaired) electrons. The Kier molecular flexibility index (Phi) is 2.68. The van der Waals surface area contributed by atoms with Crippen LogP contribution >= 0.6 is 0 Å². The van der Waals surface area contributed by atoms with Gasteiger partial charge in [-0.15, -0.1) is 0 Å². The van der Waals surface area contributed by atoms with Crippen LogP contribution in [0.3, 0.4) is 0 Å². The van der Waals surface area contributed by atoms with E-state index >= 15 is 0 Å². The lowest BCUT2D eigenvalue weighted by atomic mass is 10.2. The minimum Gasteiger partial charge on any atom is -0.316 e. The van der Waals surface area contributed by atoms with Gasteiger partial charge in [0.25, 0.3) is 0 Å². The van der Waals surface area contributed by atoms with Crippen molar-refractivity contribution in [2.45, 2.75) is 26.3 Å². The fraction of sp³-hybridized carbons (Fsp3) is 0.455. The molecule has 0 aromatic carbocycles. The molecule has 80 valence electrons. The summed E-state index contributed by atoms with van der Waals surface area (Å²) in [7, 11) is 1.93. The summed E-state index contributed by atoms with van der Waals surface area (Å²) in [6.07, 6.45) is 1.94. The van der Waals surface area contributed by atoms with Crippen LogP contribution in [0.4, 0.5) is 0 Å². The number of hydrogen-bond acceptors (Lipinski definition) is 3. The predicted octanol–water partition coefficient (Wildman–Crippen LogP) is 1.57. The van der Waals surface area contributed by atoms with Crippen molar-refractivity contribution >= 4 is 5.65 Å². The summed E-state index contributed by atoms with van der Waals surface area (Å²) < 4.78 is 1.85. The quantitative estimate of drug-likeness (QED) is 0.825. The van der Waals surface area contributed by atoms with E-state index < -0.39 is 0 Å². The predicted molar refractivity (Wildman–Crippen MR) is 59.8 cm³/mol. The summed E-state index contributed by atoms with van der Waals surface area (Å²) in [6.45, 7) is 5.03. The number of hydrogen-bond donors (Lipinski definition) is 1. The van der Waals surface area contributed by atoms with Gasteiger partial charge in [-0.1, -0.05) is 19.9 Å². The average Bonchev–Trinajstić information content (AvgIpc) is 2.63. The first-order valence-corrected chi connectivity index (χ1v) is 5.21. The van der Waals surface area contributed by atoms with Crippen molar-refractivity contribution in [2.24, 2.45) is 0 Å². The van der Waals surface area contributed by atoms with Crippen LogP contribution in [0.15, 0.2) is 18.3 Å². The second-order valence-electron chi connectivity index (χ2n) is 3.96. The van der Waals surface area contributed by atoms with Gasteiger partial charge in [0.05, 0.1) is 0 Å². The Morgan fingerprint density at radius 3 is 2.93 bits per heavy atom. The highest BCUT2D eigenvalue weighted by Crippen LogP contribution is 2.13. The molecule has 0 aliphatic heterocycles. The first-order valence-electron chi connectivity index (χ1n) is 5.21. The third-order valence-electron chi connectivity index (χ3n) is 2.34. The molecule has 0 bridgehead atoms. The lowest BCUT2D eigenvalue weighted by Gasteiger charge is -2.00. The van der Waals surface area contributed by atoms with Gasteiger partial charge in [0.2, 0.25) is 0 Å². The number of aromatic nitrogens is 3. The van der Waals surface area contributed by atoms with Crippen LogP contribution in [0, 0.1) is 0 Å². The molecule has 4 heteroatoms. The smallest absolute Gasteiger partial charge is 0.160 e. The Balaban J connectivity index is 2.54. The van der Waals surface area contributed by atoms with Gasteiger partial charge in [-0.3, -0.25) is 0 Å². The molecule has 0 saturated carbocycles. The van der Waals surface area contributed by atoms with E-state index in [9.17, 15) is 0 Å². The molecule has 0 aliphatic rings. The first-order chi connectivity index (χ1) is 7.22. The summed E-state index contributed by atoms with van der Waals surface area (Å²) >= 11 is 0. The lowest BCUT2D eigenvalue weighted by Crippen LogP contribution is -2.06. The van der Waals surface area contributed by atoms with E-state index in [0.717, 1.165) is 18.0 Å². The van der Waals surface area contributed by atoms with Gasteiger partial charge < -0.3 is 5.32 Å². The standard InChI is InChI=1S/C11H16N4/c1-8(2)10-13-11-9(7-12-3)5-4-6-15(11)14-10/h4-6,8,12H,7H2,1-3H3. The molecule has 0 atom stereocenters. The highest BCUT2D eigenvalue weighted by molar-refractivity contribution is 5.47. The van der Waals surface area contributed by atoms with Crippen molar-refractivity contribution in [3.05, 3.63) is 29.7 Å². The Labute approximate surface area is 89.3 Å². The molecule has 2 aromatic heterocycles. The van der Waals surface area contributed by atoms with Crippen LogP contribution < -0.4 is 5.32 Å². The first kappa shape index (κ1) is 10.1.